The van der Waals surface area contributed by atoms with Crippen molar-refractivity contribution in [2.45, 2.75) is 51.0 Å². The van der Waals surface area contributed by atoms with E-state index in [-0.39, 0.29) is 18.0 Å². The number of piperidine rings is 2. The van der Waals surface area contributed by atoms with Gasteiger partial charge in [-0.25, -0.2) is 14.8 Å². The van der Waals surface area contributed by atoms with E-state index < -0.39 is 11.9 Å². The zero-order valence-corrected chi connectivity index (χ0v) is 24.2. The van der Waals surface area contributed by atoms with Crippen molar-refractivity contribution in [2.24, 2.45) is 5.73 Å². The van der Waals surface area contributed by atoms with E-state index in [0.717, 1.165) is 74.6 Å². The summed E-state index contributed by atoms with van der Waals surface area (Å²) < 4.78 is 0. The second kappa shape index (κ2) is 12.7. The third kappa shape index (κ3) is 6.59. The highest BCUT2D eigenvalue weighted by atomic mass is 16.2. The molecule has 4 amide bonds. The number of rotatable bonds is 8. The Morgan fingerprint density at radius 2 is 1.74 bits per heavy atom. The van der Waals surface area contributed by atoms with E-state index in [4.69, 9.17) is 10.7 Å². The zero-order valence-electron chi connectivity index (χ0n) is 24.2. The van der Waals surface area contributed by atoms with Crippen molar-refractivity contribution in [2.75, 3.05) is 47.8 Å². The summed E-state index contributed by atoms with van der Waals surface area (Å²) in [5.41, 5.74) is 9.60. The number of nitrogens with one attached hydrogen (secondary N) is 2. The molecule has 12 nitrogen and oxygen atoms in total. The summed E-state index contributed by atoms with van der Waals surface area (Å²) >= 11 is 0. The van der Waals surface area contributed by atoms with Gasteiger partial charge in [0.1, 0.15) is 5.82 Å². The Morgan fingerprint density at radius 3 is 2.47 bits per heavy atom. The van der Waals surface area contributed by atoms with E-state index in [0.29, 0.717) is 24.8 Å². The first-order valence-electron chi connectivity index (χ1n) is 15.0. The molecule has 3 fully saturated rings. The van der Waals surface area contributed by atoms with Crippen LogP contribution >= 0.6 is 0 Å². The summed E-state index contributed by atoms with van der Waals surface area (Å²) in [6, 6.07) is 9.85. The number of anilines is 4. The Bertz CT molecular complexity index is 1480. The first-order valence-corrected chi connectivity index (χ1v) is 15.0. The molecule has 0 spiro atoms. The molecule has 4 N–H and O–H groups in total. The number of nitrogens with two attached hydrogens (primary N) is 1. The normalized spacial score (nSPS) is 18.4. The molecule has 5 heterocycles. The number of likely N-dealkylation sites (tertiary alicyclic amines) is 1. The maximum absolute atomic E-state index is 12.4. The number of amides is 4. The largest absolute Gasteiger partial charge is 0.364 e. The van der Waals surface area contributed by atoms with Gasteiger partial charge in [-0.2, -0.15) is 0 Å². The van der Waals surface area contributed by atoms with Gasteiger partial charge in [-0.05, 0) is 80.4 Å². The van der Waals surface area contributed by atoms with Gasteiger partial charge in [-0.3, -0.25) is 29.7 Å². The van der Waals surface area contributed by atoms with Gasteiger partial charge in [0, 0.05) is 44.5 Å². The van der Waals surface area contributed by atoms with Crippen LogP contribution in [0.4, 0.5) is 27.8 Å². The topological polar surface area (TPSA) is 150 Å². The monoisotopic (exact) mass is 583 g/mol. The molecule has 0 bridgehead atoms. The number of urea groups is 1. The molecule has 0 radical (unpaired) electrons. The molecule has 2 aromatic heterocycles. The van der Waals surface area contributed by atoms with E-state index in [1.807, 2.05) is 18.2 Å². The number of hydrogen-bond acceptors (Lipinski definition) is 9. The van der Waals surface area contributed by atoms with Gasteiger partial charge in [0.25, 0.3) is 5.91 Å². The molecular formula is C31H37N9O3. The second-order valence-corrected chi connectivity index (χ2v) is 11.4. The van der Waals surface area contributed by atoms with Crippen molar-refractivity contribution in [1.29, 1.82) is 0 Å². The molecular weight excluding hydrogens is 546 g/mol. The predicted molar refractivity (Wildman–Crippen MR) is 163 cm³/mol. The SMILES string of the molecule is NC(=O)c1ncc(N2CCCCC2)nc1Nc1ccc(C2CCN(Cc3ccncc3N3CCC(=O)NC3=O)CC2)cc1. The highest BCUT2D eigenvalue weighted by Gasteiger charge is 2.28. The van der Waals surface area contributed by atoms with Gasteiger partial charge in [0.15, 0.2) is 11.5 Å². The van der Waals surface area contributed by atoms with E-state index in [2.05, 4.69) is 42.5 Å². The summed E-state index contributed by atoms with van der Waals surface area (Å²) in [7, 11) is 0. The maximum atomic E-state index is 12.4. The minimum atomic E-state index is -0.614. The molecule has 6 rings (SSSR count). The number of carbonyl (C=O) groups is 3. The molecule has 0 saturated carbocycles. The number of hydrogen-bond donors (Lipinski definition) is 3. The number of nitrogens with zero attached hydrogens (tertiary/aromatic N) is 6. The van der Waals surface area contributed by atoms with E-state index >= 15 is 0 Å². The van der Waals surface area contributed by atoms with Gasteiger partial charge in [-0.1, -0.05) is 12.1 Å². The minimum absolute atomic E-state index is 0.129. The summed E-state index contributed by atoms with van der Waals surface area (Å²) in [5.74, 6) is 0.703. The van der Waals surface area contributed by atoms with E-state index in [9.17, 15) is 14.4 Å². The van der Waals surface area contributed by atoms with Crippen LogP contribution in [0.2, 0.25) is 0 Å². The van der Waals surface area contributed by atoms with Crippen molar-refractivity contribution in [1.82, 2.24) is 25.2 Å². The summed E-state index contributed by atoms with van der Waals surface area (Å²) in [4.78, 5) is 55.5. The summed E-state index contributed by atoms with van der Waals surface area (Å²) in [6.45, 7) is 4.79. The van der Waals surface area contributed by atoms with Crippen molar-refractivity contribution < 1.29 is 14.4 Å². The number of aromatic nitrogens is 3. The number of imide groups is 1. The molecule has 1 aromatic carbocycles. The van der Waals surface area contributed by atoms with Crippen molar-refractivity contribution in [3.05, 3.63) is 65.7 Å². The van der Waals surface area contributed by atoms with Gasteiger partial charge >= 0.3 is 6.03 Å². The Morgan fingerprint density at radius 1 is 0.977 bits per heavy atom. The molecule has 3 aliphatic rings. The van der Waals surface area contributed by atoms with E-state index in [1.54, 1.807) is 23.5 Å². The Balaban J connectivity index is 1.07. The lowest BCUT2D eigenvalue weighted by atomic mass is 9.89. The lowest BCUT2D eigenvalue weighted by Crippen LogP contribution is -2.50. The number of carbonyl (C=O) groups excluding carboxylic acids is 3. The van der Waals surface area contributed by atoms with Crippen molar-refractivity contribution in [3.8, 4) is 0 Å². The fourth-order valence-electron chi connectivity index (χ4n) is 6.15. The molecule has 0 atom stereocenters. The van der Waals surface area contributed by atoms with Gasteiger partial charge < -0.3 is 16.0 Å². The highest BCUT2D eigenvalue weighted by molar-refractivity contribution is 6.05. The van der Waals surface area contributed by atoms with Crippen molar-refractivity contribution in [3.63, 3.8) is 0 Å². The number of pyridine rings is 1. The predicted octanol–water partition coefficient (Wildman–Crippen LogP) is 3.53. The standard InChI is InChI=1S/C31H37N9O3/c32-29(42)28-30(36-26(19-34-28)39-13-2-1-3-14-39)35-24-6-4-21(5-7-24)22-9-15-38(16-10-22)20-23-8-12-33-18-25(23)40-17-11-27(41)37-31(40)43/h4-8,12,18-19,22H,1-3,9-11,13-17,20H2,(H2,32,42)(H,35,36)(H,37,41,43). The fraction of sp³-hybridized carbons (Fsp3) is 0.419. The highest BCUT2D eigenvalue weighted by Crippen LogP contribution is 2.32. The first-order chi connectivity index (χ1) is 20.9. The van der Waals surface area contributed by atoms with Gasteiger partial charge in [-0.15, -0.1) is 0 Å². The Kier molecular flexibility index (Phi) is 8.45. The Labute approximate surface area is 250 Å². The average molecular weight is 584 g/mol. The fourth-order valence-corrected chi connectivity index (χ4v) is 6.15. The van der Waals surface area contributed by atoms with Crippen LogP contribution in [0.25, 0.3) is 0 Å². The quantitative estimate of drug-likeness (QED) is 0.362. The summed E-state index contributed by atoms with van der Waals surface area (Å²) in [5, 5.41) is 5.67. The lowest BCUT2D eigenvalue weighted by Gasteiger charge is -2.34. The van der Waals surface area contributed by atoms with Crippen LogP contribution in [0.1, 0.15) is 66.1 Å². The minimum Gasteiger partial charge on any atom is -0.364 e. The van der Waals surface area contributed by atoms with Crippen LogP contribution < -0.4 is 26.2 Å². The average Bonchev–Trinajstić information content (AvgIpc) is 3.03. The molecule has 0 aliphatic carbocycles. The van der Waals surface area contributed by atoms with Crippen LogP contribution in [0.15, 0.2) is 48.9 Å². The van der Waals surface area contributed by atoms with Crippen LogP contribution in [0.3, 0.4) is 0 Å². The molecule has 3 aliphatic heterocycles. The molecule has 12 heteroatoms. The van der Waals surface area contributed by atoms with Crippen LogP contribution in [0, 0.1) is 0 Å². The van der Waals surface area contributed by atoms with Crippen LogP contribution in [-0.4, -0.2) is 70.4 Å². The first kappa shape index (κ1) is 28.5. The summed E-state index contributed by atoms with van der Waals surface area (Å²) in [6.07, 6.45) is 10.8. The van der Waals surface area contributed by atoms with Gasteiger partial charge in [0.2, 0.25) is 5.91 Å². The Hall–Kier alpha value is -4.58. The molecule has 0 unspecified atom stereocenters. The molecule has 3 saturated heterocycles. The maximum Gasteiger partial charge on any atom is 0.328 e. The van der Waals surface area contributed by atoms with E-state index in [1.165, 1.54) is 12.0 Å². The smallest absolute Gasteiger partial charge is 0.328 e. The van der Waals surface area contributed by atoms with Crippen LogP contribution in [0.5, 0.6) is 0 Å². The third-order valence-electron chi connectivity index (χ3n) is 8.53. The molecule has 3 aromatic rings. The number of benzene rings is 1. The third-order valence-corrected chi connectivity index (χ3v) is 8.53. The molecule has 43 heavy (non-hydrogen) atoms. The lowest BCUT2D eigenvalue weighted by molar-refractivity contribution is -0.120. The van der Waals surface area contributed by atoms with Gasteiger partial charge in [0.05, 0.1) is 18.1 Å². The van der Waals surface area contributed by atoms with Crippen molar-refractivity contribution >= 4 is 40.9 Å². The number of primary amides is 1. The second-order valence-electron chi connectivity index (χ2n) is 11.4. The van der Waals surface area contributed by atoms with Crippen LogP contribution in [-0.2, 0) is 11.3 Å². The molecule has 224 valence electrons. The zero-order chi connectivity index (χ0) is 29.8.